The van der Waals surface area contributed by atoms with E-state index in [1.807, 2.05) is 12.3 Å². The van der Waals surface area contributed by atoms with Crippen molar-refractivity contribution in [2.45, 2.75) is 13.3 Å². The van der Waals surface area contributed by atoms with E-state index >= 15 is 0 Å². The molecule has 0 aliphatic heterocycles. The quantitative estimate of drug-likeness (QED) is 0.771. The lowest BCUT2D eigenvalue weighted by Gasteiger charge is -2.02. The van der Waals surface area contributed by atoms with Gasteiger partial charge in [0.05, 0.1) is 11.9 Å². The van der Waals surface area contributed by atoms with Gasteiger partial charge in [-0.2, -0.15) is 0 Å². The van der Waals surface area contributed by atoms with E-state index in [4.69, 9.17) is 0 Å². The molecule has 0 amide bonds. The molecule has 2 rings (SSSR count). The minimum atomic E-state index is 0.490. The average Bonchev–Trinajstić information content (AvgIpc) is 2.77. The Labute approximate surface area is 87.4 Å². The summed E-state index contributed by atoms with van der Waals surface area (Å²) in [6.45, 7) is 2.06. The van der Waals surface area contributed by atoms with Gasteiger partial charge in [-0.1, -0.05) is 6.92 Å². The monoisotopic (exact) mass is 201 g/mol. The number of hydrogen-bond acceptors (Lipinski definition) is 3. The molecule has 0 spiro atoms. The van der Waals surface area contributed by atoms with Crippen LogP contribution in [0.2, 0.25) is 0 Å². The van der Waals surface area contributed by atoms with Gasteiger partial charge in [-0.15, -0.1) is 0 Å². The van der Waals surface area contributed by atoms with Crippen molar-refractivity contribution in [1.29, 1.82) is 0 Å². The number of pyridine rings is 1. The topological polar surface area (TPSA) is 58.6 Å². The lowest BCUT2D eigenvalue weighted by atomic mass is 10.1. The Morgan fingerprint density at radius 1 is 1.47 bits per heavy atom. The molecule has 0 aliphatic rings. The fraction of sp³-hybridized carbons (Fsp3) is 0.182. The zero-order valence-electron chi connectivity index (χ0n) is 8.40. The molecule has 0 aliphatic carbocycles. The van der Waals surface area contributed by atoms with Gasteiger partial charge in [-0.25, -0.2) is 4.98 Å². The van der Waals surface area contributed by atoms with Crippen LogP contribution in [0.15, 0.2) is 24.7 Å². The Morgan fingerprint density at radius 3 is 3.00 bits per heavy atom. The van der Waals surface area contributed by atoms with Crippen LogP contribution in [0.4, 0.5) is 0 Å². The van der Waals surface area contributed by atoms with Crippen molar-refractivity contribution in [2.24, 2.45) is 0 Å². The predicted molar refractivity (Wildman–Crippen MR) is 56.6 cm³/mol. The van der Waals surface area contributed by atoms with E-state index in [1.165, 1.54) is 6.20 Å². The largest absolute Gasteiger partial charge is 0.336 e. The molecule has 2 heterocycles. The highest BCUT2D eigenvalue weighted by Gasteiger charge is 2.06. The first-order chi connectivity index (χ1) is 7.35. The highest BCUT2D eigenvalue weighted by Crippen LogP contribution is 2.19. The summed E-state index contributed by atoms with van der Waals surface area (Å²) in [5.74, 6) is 0.719. The molecular formula is C11H11N3O. The molecule has 15 heavy (non-hydrogen) atoms. The van der Waals surface area contributed by atoms with Gasteiger partial charge in [0, 0.05) is 18.0 Å². The second-order valence-corrected chi connectivity index (χ2v) is 3.19. The molecule has 0 radical (unpaired) electrons. The van der Waals surface area contributed by atoms with Crippen LogP contribution < -0.4 is 0 Å². The fourth-order valence-corrected chi connectivity index (χ4v) is 1.47. The van der Waals surface area contributed by atoms with Gasteiger partial charge in [-0.3, -0.25) is 9.78 Å². The molecule has 0 atom stereocenters. The van der Waals surface area contributed by atoms with E-state index in [0.29, 0.717) is 5.69 Å². The van der Waals surface area contributed by atoms with E-state index in [9.17, 15) is 4.79 Å². The smallest absolute Gasteiger partial charge is 0.167 e. The summed E-state index contributed by atoms with van der Waals surface area (Å²) >= 11 is 0. The SMILES string of the molecule is CCc1cnccc1-c1ncc(C=O)[nH]1. The Morgan fingerprint density at radius 2 is 2.33 bits per heavy atom. The van der Waals surface area contributed by atoms with E-state index in [2.05, 4.69) is 21.9 Å². The maximum Gasteiger partial charge on any atom is 0.167 e. The maximum atomic E-state index is 10.5. The van der Waals surface area contributed by atoms with Crippen molar-refractivity contribution in [2.75, 3.05) is 0 Å². The number of aryl methyl sites for hydroxylation is 1. The normalized spacial score (nSPS) is 10.2. The van der Waals surface area contributed by atoms with Gasteiger partial charge in [-0.05, 0) is 18.1 Å². The number of imidazole rings is 1. The Kier molecular flexibility index (Phi) is 2.58. The lowest BCUT2D eigenvalue weighted by molar-refractivity contribution is 0.111. The summed E-state index contributed by atoms with van der Waals surface area (Å²) in [6.07, 6.45) is 6.71. The van der Waals surface area contributed by atoms with Crippen LogP contribution in [0, 0.1) is 0 Å². The molecule has 4 heteroatoms. The van der Waals surface area contributed by atoms with E-state index < -0.39 is 0 Å². The van der Waals surface area contributed by atoms with Crippen LogP contribution in [0.3, 0.4) is 0 Å². The van der Waals surface area contributed by atoms with Crippen molar-refractivity contribution in [1.82, 2.24) is 15.0 Å². The van der Waals surface area contributed by atoms with Gasteiger partial charge >= 0.3 is 0 Å². The second-order valence-electron chi connectivity index (χ2n) is 3.19. The molecule has 0 aromatic carbocycles. The molecule has 4 nitrogen and oxygen atoms in total. The van der Waals surface area contributed by atoms with Crippen LogP contribution >= 0.6 is 0 Å². The molecule has 0 bridgehead atoms. The fourth-order valence-electron chi connectivity index (χ4n) is 1.47. The number of hydrogen-bond donors (Lipinski definition) is 1. The summed E-state index contributed by atoms with van der Waals surface area (Å²) < 4.78 is 0. The van der Waals surface area contributed by atoms with Crippen LogP contribution in [0.25, 0.3) is 11.4 Å². The summed E-state index contributed by atoms with van der Waals surface area (Å²) in [6, 6.07) is 1.90. The van der Waals surface area contributed by atoms with Crippen molar-refractivity contribution < 1.29 is 4.79 Å². The second kappa shape index (κ2) is 4.04. The highest BCUT2D eigenvalue weighted by molar-refractivity contribution is 5.73. The maximum absolute atomic E-state index is 10.5. The zero-order chi connectivity index (χ0) is 10.7. The van der Waals surface area contributed by atoms with Crippen LogP contribution in [-0.2, 0) is 6.42 Å². The van der Waals surface area contributed by atoms with Crippen molar-refractivity contribution in [3.05, 3.63) is 35.9 Å². The van der Waals surface area contributed by atoms with Gasteiger partial charge < -0.3 is 4.98 Å². The molecule has 2 aromatic rings. The lowest BCUT2D eigenvalue weighted by Crippen LogP contribution is -1.90. The average molecular weight is 201 g/mol. The van der Waals surface area contributed by atoms with Crippen molar-refractivity contribution in [3.8, 4) is 11.4 Å². The summed E-state index contributed by atoms with van der Waals surface area (Å²) in [7, 11) is 0. The number of aldehydes is 1. The first-order valence-electron chi connectivity index (χ1n) is 4.78. The third-order valence-electron chi connectivity index (χ3n) is 2.26. The number of nitrogens with zero attached hydrogens (tertiary/aromatic N) is 2. The minimum Gasteiger partial charge on any atom is -0.336 e. The molecule has 0 saturated heterocycles. The van der Waals surface area contributed by atoms with E-state index in [1.54, 1.807) is 6.20 Å². The van der Waals surface area contributed by atoms with Crippen LogP contribution in [0.5, 0.6) is 0 Å². The highest BCUT2D eigenvalue weighted by atomic mass is 16.1. The number of H-pyrrole nitrogens is 1. The van der Waals surface area contributed by atoms with Crippen LogP contribution in [0.1, 0.15) is 23.0 Å². The third kappa shape index (κ3) is 1.79. The summed E-state index contributed by atoms with van der Waals surface area (Å²) in [5.41, 5.74) is 2.61. The Bertz CT molecular complexity index is 476. The van der Waals surface area contributed by atoms with Gasteiger partial charge in [0.15, 0.2) is 6.29 Å². The molecular weight excluding hydrogens is 190 g/mol. The first-order valence-corrected chi connectivity index (χ1v) is 4.78. The third-order valence-corrected chi connectivity index (χ3v) is 2.26. The number of aromatic nitrogens is 3. The Balaban J connectivity index is 2.48. The van der Waals surface area contributed by atoms with E-state index in [-0.39, 0.29) is 0 Å². The van der Waals surface area contributed by atoms with Crippen molar-refractivity contribution >= 4 is 6.29 Å². The standard InChI is InChI=1S/C11H11N3O/c1-2-8-5-12-4-3-10(8)11-13-6-9(7-15)14-11/h3-7H,2H2,1H3,(H,13,14). The van der Waals surface area contributed by atoms with Gasteiger partial charge in [0.2, 0.25) is 0 Å². The number of nitrogens with one attached hydrogen (secondary N) is 1. The minimum absolute atomic E-state index is 0.490. The number of carbonyl (C=O) groups is 1. The first kappa shape index (κ1) is 9.58. The molecule has 76 valence electrons. The molecule has 1 N–H and O–H groups in total. The molecule has 0 unspecified atom stereocenters. The van der Waals surface area contributed by atoms with Gasteiger partial charge in [0.1, 0.15) is 5.82 Å². The number of carbonyl (C=O) groups excluding carboxylic acids is 1. The molecule has 0 fully saturated rings. The summed E-state index contributed by atoms with van der Waals surface area (Å²) in [4.78, 5) is 21.7. The predicted octanol–water partition coefficient (Wildman–Crippen LogP) is 1.85. The molecule has 0 saturated carbocycles. The summed E-state index contributed by atoms with van der Waals surface area (Å²) in [5, 5.41) is 0. The van der Waals surface area contributed by atoms with Crippen molar-refractivity contribution in [3.63, 3.8) is 0 Å². The Hall–Kier alpha value is -1.97. The molecule has 2 aromatic heterocycles. The van der Waals surface area contributed by atoms with E-state index in [0.717, 1.165) is 29.7 Å². The zero-order valence-corrected chi connectivity index (χ0v) is 8.40. The van der Waals surface area contributed by atoms with Gasteiger partial charge in [0.25, 0.3) is 0 Å². The van der Waals surface area contributed by atoms with Crippen LogP contribution in [-0.4, -0.2) is 21.2 Å². The number of aromatic amines is 1. The number of rotatable bonds is 3.